The molecular formula is C52H35Cl2F22N5O6. The lowest BCUT2D eigenvalue weighted by Gasteiger charge is -2.40. The molecule has 0 saturated carbocycles. The molecule has 1 aliphatic rings. The molecule has 1 fully saturated rings. The minimum atomic E-state index is -6.55. The molecule has 1 aliphatic heterocycles. The van der Waals surface area contributed by atoms with Crippen molar-refractivity contribution < 1.29 is 125 Å². The molecule has 2 amide bonds. The maximum Gasteiger partial charge on any atom is 0.461 e. The SMILES string of the molecule is NC(C(=O)N[C@@](Cc1ccccc1)(c1cc(F)cc(OC(F)(F)C(F)F)c1)c1ccc(Cl)cn1)C(O)(C(F)(F)F)C(F)(F)F.O=C(N[C@@](Cc1ccccc1)(c1cc(F)cc(OC(F)(F)C(F)F)c1)c1ccc(Cl)cn1)C1OC1(C(F)(F)F)C(F)(F)F. The van der Waals surface area contributed by atoms with Gasteiger partial charge in [0.25, 0.3) is 17.1 Å². The molecule has 7 rings (SSSR count). The fourth-order valence-corrected chi connectivity index (χ4v) is 8.71. The van der Waals surface area contributed by atoms with Gasteiger partial charge in [0.1, 0.15) is 40.3 Å². The summed E-state index contributed by atoms with van der Waals surface area (Å²) in [5.74, 6) is -9.71. The summed E-state index contributed by atoms with van der Waals surface area (Å²) in [4.78, 5) is 34.3. The number of nitrogens with two attached hydrogens (primary N) is 1. The van der Waals surface area contributed by atoms with Crippen LogP contribution in [-0.4, -0.2) is 100 Å². The Morgan fingerprint density at radius 2 is 0.943 bits per heavy atom. The van der Waals surface area contributed by atoms with Crippen LogP contribution in [0.15, 0.2) is 134 Å². The molecule has 0 bridgehead atoms. The van der Waals surface area contributed by atoms with Gasteiger partial charge < -0.3 is 35.7 Å². The quantitative estimate of drug-likeness (QED) is 0.0457. The number of ether oxygens (including phenoxy) is 3. The number of rotatable bonds is 19. The second-order valence-corrected chi connectivity index (χ2v) is 19.5. The molecule has 2 aromatic heterocycles. The molecule has 4 atom stereocenters. The topological polar surface area (TPSA) is 161 Å². The van der Waals surface area contributed by atoms with Gasteiger partial charge in [0, 0.05) is 37.4 Å². The minimum Gasteiger partial charge on any atom is -0.428 e. The smallest absolute Gasteiger partial charge is 0.428 e. The van der Waals surface area contributed by atoms with E-state index < -0.39 is 149 Å². The van der Waals surface area contributed by atoms with Gasteiger partial charge in [-0.3, -0.25) is 19.6 Å². The predicted molar refractivity (Wildman–Crippen MR) is 257 cm³/mol. The Morgan fingerprint density at radius 1 is 0.575 bits per heavy atom. The van der Waals surface area contributed by atoms with Crippen molar-refractivity contribution in [2.24, 2.45) is 5.73 Å². The minimum absolute atomic E-state index is 0.0257. The van der Waals surface area contributed by atoms with Gasteiger partial charge in [-0.05, 0) is 70.8 Å². The van der Waals surface area contributed by atoms with E-state index in [0.29, 0.717) is 24.3 Å². The van der Waals surface area contributed by atoms with Crippen LogP contribution in [0.1, 0.15) is 33.6 Å². The number of hydrogen-bond acceptors (Lipinski definition) is 9. The summed E-state index contributed by atoms with van der Waals surface area (Å²) in [5, 5.41) is 13.5. The number of epoxide rings is 1. The lowest BCUT2D eigenvalue weighted by molar-refractivity contribution is -0.371. The second kappa shape index (κ2) is 25.0. The Hall–Kier alpha value is -7.36. The first-order valence-corrected chi connectivity index (χ1v) is 24.4. The third kappa shape index (κ3) is 14.6. The van der Waals surface area contributed by atoms with Crippen LogP contribution in [0.3, 0.4) is 0 Å². The molecule has 11 nitrogen and oxygen atoms in total. The number of aliphatic hydroxyl groups is 1. The Labute approximate surface area is 483 Å². The summed E-state index contributed by atoms with van der Waals surface area (Å²) < 4.78 is 310. The average Bonchev–Trinajstić information content (AvgIpc) is 1.55. The molecule has 0 spiro atoms. The number of halogens is 24. The zero-order valence-electron chi connectivity index (χ0n) is 42.5. The maximum absolute atomic E-state index is 14.8. The van der Waals surface area contributed by atoms with E-state index in [9.17, 15) is 111 Å². The summed E-state index contributed by atoms with van der Waals surface area (Å²) in [5.41, 5.74) is -12.5. The lowest BCUT2D eigenvalue weighted by Crippen LogP contribution is -2.72. The highest BCUT2D eigenvalue weighted by Crippen LogP contribution is 2.59. The lowest BCUT2D eigenvalue weighted by atomic mass is 9.79. The van der Waals surface area contributed by atoms with E-state index in [1.165, 1.54) is 60.7 Å². The third-order valence-electron chi connectivity index (χ3n) is 12.7. The Bertz CT molecular complexity index is 3340. The number of hydrogen-bond donors (Lipinski definition) is 4. The molecule has 4 aromatic carbocycles. The van der Waals surface area contributed by atoms with Gasteiger partial charge in [-0.1, -0.05) is 83.9 Å². The van der Waals surface area contributed by atoms with Crippen molar-refractivity contribution >= 4 is 35.0 Å². The number of benzene rings is 4. The number of carbonyl (C=O) groups is 2. The van der Waals surface area contributed by atoms with Crippen molar-refractivity contribution in [3.8, 4) is 11.5 Å². The highest BCUT2D eigenvalue weighted by atomic mass is 35.5. The highest BCUT2D eigenvalue weighted by Gasteiger charge is 2.89. The van der Waals surface area contributed by atoms with Crippen molar-refractivity contribution in [3.05, 3.63) is 189 Å². The number of alkyl halides is 20. The van der Waals surface area contributed by atoms with E-state index in [1.807, 2.05) is 10.6 Å². The summed E-state index contributed by atoms with van der Waals surface area (Å²) in [6.07, 6.45) is -47.0. The molecule has 0 aliphatic carbocycles. The molecule has 3 heterocycles. The van der Waals surface area contributed by atoms with Crippen LogP contribution in [-0.2, 0) is 38.2 Å². The van der Waals surface area contributed by atoms with Crippen LogP contribution in [0.4, 0.5) is 96.6 Å². The van der Waals surface area contributed by atoms with Crippen LogP contribution in [0, 0.1) is 11.6 Å². The van der Waals surface area contributed by atoms with E-state index in [2.05, 4.69) is 24.2 Å². The van der Waals surface area contributed by atoms with Crippen molar-refractivity contribution in [2.45, 2.75) is 97.0 Å². The van der Waals surface area contributed by atoms with Crippen molar-refractivity contribution in [3.63, 3.8) is 0 Å². The molecule has 87 heavy (non-hydrogen) atoms. The molecule has 472 valence electrons. The van der Waals surface area contributed by atoms with E-state index in [0.717, 1.165) is 36.7 Å². The van der Waals surface area contributed by atoms with Gasteiger partial charge >= 0.3 is 49.8 Å². The second-order valence-electron chi connectivity index (χ2n) is 18.6. The van der Waals surface area contributed by atoms with Crippen molar-refractivity contribution in [2.75, 3.05) is 0 Å². The molecule has 6 aromatic rings. The van der Waals surface area contributed by atoms with E-state index in [1.54, 1.807) is 0 Å². The first-order chi connectivity index (χ1) is 40.0. The summed E-state index contributed by atoms with van der Waals surface area (Å²) in [7, 11) is 0. The fraction of sp³-hybridized carbons (Fsp3) is 0.308. The van der Waals surface area contributed by atoms with Crippen LogP contribution >= 0.6 is 23.2 Å². The molecular weight excluding hydrogens is 1280 g/mol. The molecule has 0 radical (unpaired) electrons. The highest BCUT2D eigenvalue weighted by molar-refractivity contribution is 6.30. The number of amides is 2. The number of nitrogens with zero attached hydrogens (tertiary/aromatic N) is 2. The Morgan fingerprint density at radius 3 is 1.25 bits per heavy atom. The van der Waals surface area contributed by atoms with Crippen molar-refractivity contribution in [1.82, 2.24) is 20.6 Å². The normalized spacial score (nSPS) is 16.6. The number of pyridine rings is 2. The molecule has 1 saturated heterocycles. The molecule has 35 heteroatoms. The number of carbonyl (C=O) groups excluding carboxylic acids is 2. The van der Waals surface area contributed by atoms with Gasteiger partial charge in [0.15, 0.2) is 6.10 Å². The number of nitrogens with one attached hydrogen (secondary N) is 2. The van der Waals surface area contributed by atoms with Gasteiger partial charge in [-0.25, -0.2) is 8.78 Å². The fourth-order valence-electron chi connectivity index (χ4n) is 8.49. The predicted octanol–water partition coefficient (Wildman–Crippen LogP) is 12.9. The van der Waals surface area contributed by atoms with Gasteiger partial charge in [0.05, 0.1) is 21.4 Å². The van der Waals surface area contributed by atoms with E-state index >= 15 is 0 Å². The van der Waals surface area contributed by atoms with Gasteiger partial charge in [-0.15, -0.1) is 0 Å². The third-order valence-corrected chi connectivity index (χ3v) is 13.1. The summed E-state index contributed by atoms with van der Waals surface area (Å²) in [6, 6.07) is 17.4. The van der Waals surface area contributed by atoms with Crippen LogP contribution in [0.2, 0.25) is 10.0 Å². The average molecular weight is 1310 g/mol. The molecule has 5 N–H and O–H groups in total. The maximum atomic E-state index is 14.8. The van der Waals surface area contributed by atoms with E-state index in [-0.39, 0.29) is 39.0 Å². The monoisotopic (exact) mass is 1310 g/mol. The zero-order chi connectivity index (χ0) is 65.3. The van der Waals surface area contributed by atoms with Crippen LogP contribution in [0.25, 0.3) is 0 Å². The van der Waals surface area contributed by atoms with Gasteiger partial charge in [0.2, 0.25) is 5.91 Å². The number of aromatic nitrogens is 2. The summed E-state index contributed by atoms with van der Waals surface area (Å²) in [6.45, 7) is 0. The first-order valence-electron chi connectivity index (χ1n) is 23.7. The first kappa shape index (κ1) is 68.7. The van der Waals surface area contributed by atoms with E-state index in [4.69, 9.17) is 28.9 Å². The molecule has 2 unspecified atom stereocenters. The largest absolute Gasteiger partial charge is 0.461 e. The Balaban J connectivity index is 0.000000278. The standard InChI is InChI=1S/C26H19ClF11N3O3.C26H16ClF11N2O3/c27-15-6-7-18(40-12-15)22(11-13-4-2-1-3-5-13,14-8-16(28)10-17(9-14)44-24(31,32)21(29)30)41-20(42)19(39)23(43,25(33,34)35)26(36,37)38;27-15-6-7-18(39-12-15)22(11-13-4-2-1-3-5-13,14-8-16(28)10-17(9-14)42-24(31,32)21(29)30)40-20(41)19-23(43-19,25(33,34)35)26(36,37)38/h1-10,12,19,21,43H,11,39H2,(H,41,42);1-10,12,19,21H,11H2,(H,40,41)/t2*19?,22-/m00/s1. The van der Waals surface area contributed by atoms with Crippen LogP contribution < -0.4 is 25.8 Å². The van der Waals surface area contributed by atoms with Crippen molar-refractivity contribution in [1.29, 1.82) is 0 Å². The Kier molecular flexibility index (Phi) is 19.8. The zero-order valence-corrected chi connectivity index (χ0v) is 44.0. The van der Waals surface area contributed by atoms with Crippen LogP contribution in [0.5, 0.6) is 11.5 Å². The summed E-state index contributed by atoms with van der Waals surface area (Å²) >= 11 is 11.7. The van der Waals surface area contributed by atoms with Gasteiger partial charge in [-0.2, -0.15) is 87.8 Å².